The highest BCUT2D eigenvalue weighted by Gasteiger charge is 2.31. The van der Waals surface area contributed by atoms with Gasteiger partial charge in [0.1, 0.15) is 5.69 Å². The lowest BCUT2D eigenvalue weighted by Crippen LogP contribution is -2.14. The Balaban J connectivity index is 2.12. The van der Waals surface area contributed by atoms with Gasteiger partial charge in [0.05, 0.1) is 30.9 Å². The molecule has 6 nitrogen and oxygen atoms in total. The fourth-order valence-electron chi connectivity index (χ4n) is 2.61. The number of aromatic nitrogens is 2. The van der Waals surface area contributed by atoms with Crippen molar-refractivity contribution in [2.24, 2.45) is 5.92 Å². The van der Waals surface area contributed by atoms with Gasteiger partial charge in [-0.05, 0) is 25.7 Å². The van der Waals surface area contributed by atoms with Crippen LogP contribution in [0.5, 0.6) is 5.75 Å². The quantitative estimate of drug-likeness (QED) is 0.865. The first-order valence-corrected chi connectivity index (χ1v) is 8.27. The molecule has 0 radical (unpaired) electrons. The first-order chi connectivity index (χ1) is 8.96. The van der Waals surface area contributed by atoms with Gasteiger partial charge in [-0.3, -0.25) is 4.68 Å². The molecule has 0 aliphatic carbocycles. The van der Waals surface area contributed by atoms with Crippen molar-refractivity contribution >= 4 is 9.84 Å². The molecule has 2 unspecified atom stereocenters. The summed E-state index contributed by atoms with van der Waals surface area (Å²) in [5.41, 5.74) is 0.634. The molecular weight excluding hydrogens is 268 g/mol. The molecule has 2 rings (SSSR count). The van der Waals surface area contributed by atoms with Crippen LogP contribution in [-0.4, -0.2) is 41.9 Å². The van der Waals surface area contributed by atoms with Crippen molar-refractivity contribution in [3.8, 4) is 5.75 Å². The third kappa shape index (κ3) is 3.09. The van der Waals surface area contributed by atoms with Gasteiger partial charge >= 0.3 is 0 Å². The summed E-state index contributed by atoms with van der Waals surface area (Å²) in [6.45, 7) is 2.57. The maximum Gasteiger partial charge on any atom is 0.162 e. The number of aliphatic hydroxyl groups is 1. The first kappa shape index (κ1) is 14.3. The summed E-state index contributed by atoms with van der Waals surface area (Å²) in [6.07, 6.45) is 1.90. The van der Waals surface area contributed by atoms with Crippen molar-refractivity contribution in [3.63, 3.8) is 0 Å². The number of ether oxygens (including phenoxy) is 1. The van der Waals surface area contributed by atoms with Crippen molar-refractivity contribution in [1.29, 1.82) is 0 Å². The van der Waals surface area contributed by atoms with Gasteiger partial charge in [0.15, 0.2) is 15.6 Å². The zero-order chi connectivity index (χ0) is 14.0. The minimum Gasteiger partial charge on any atom is -0.493 e. The second kappa shape index (κ2) is 5.50. The number of methoxy groups -OCH3 is 1. The number of aliphatic hydroxyl groups excluding tert-OH is 1. The maximum atomic E-state index is 11.4. The first-order valence-electron chi connectivity index (χ1n) is 6.45. The largest absolute Gasteiger partial charge is 0.493 e. The maximum absolute atomic E-state index is 11.4. The summed E-state index contributed by atoms with van der Waals surface area (Å²) in [5.74, 6) is 0.974. The van der Waals surface area contributed by atoms with E-state index in [9.17, 15) is 13.5 Å². The molecule has 0 bridgehead atoms. The Kier molecular flexibility index (Phi) is 4.15. The van der Waals surface area contributed by atoms with Crippen molar-refractivity contribution < 1.29 is 18.3 Å². The summed E-state index contributed by atoms with van der Waals surface area (Å²) in [7, 11) is -1.37. The van der Waals surface area contributed by atoms with Gasteiger partial charge in [-0.15, -0.1) is 0 Å². The second-order valence-electron chi connectivity index (χ2n) is 4.93. The fourth-order valence-corrected chi connectivity index (χ4v) is 4.49. The number of hydrogen-bond acceptors (Lipinski definition) is 5. The highest BCUT2D eigenvalue weighted by molar-refractivity contribution is 7.91. The van der Waals surface area contributed by atoms with Crippen LogP contribution in [0.3, 0.4) is 0 Å². The lowest BCUT2D eigenvalue weighted by molar-refractivity contribution is 0.135. The standard InChI is InChI=1S/C12H20N2O4S/c1-3-14-12(11(18-2)7-13-14)10(15)6-9-4-5-19(16,17)8-9/h7,9-10,15H,3-6,8H2,1-2H3. The zero-order valence-electron chi connectivity index (χ0n) is 11.2. The number of aryl methyl sites for hydroxylation is 1. The second-order valence-corrected chi connectivity index (χ2v) is 7.16. The van der Waals surface area contributed by atoms with E-state index in [1.165, 1.54) is 7.11 Å². The lowest BCUT2D eigenvalue weighted by Gasteiger charge is -2.17. The smallest absolute Gasteiger partial charge is 0.162 e. The Labute approximate surface area is 113 Å². The van der Waals surface area contributed by atoms with Crippen LogP contribution < -0.4 is 4.74 Å². The number of rotatable bonds is 5. The Morgan fingerprint density at radius 2 is 2.37 bits per heavy atom. The predicted molar refractivity (Wildman–Crippen MR) is 70.8 cm³/mol. The molecule has 19 heavy (non-hydrogen) atoms. The summed E-state index contributed by atoms with van der Waals surface area (Å²) >= 11 is 0. The molecule has 1 aromatic heterocycles. The predicted octanol–water partition coefficient (Wildman–Crippen LogP) is 0.770. The van der Waals surface area contributed by atoms with E-state index in [1.807, 2.05) is 6.92 Å². The Morgan fingerprint density at radius 1 is 1.63 bits per heavy atom. The summed E-state index contributed by atoms with van der Waals surface area (Å²) in [4.78, 5) is 0. The van der Waals surface area contributed by atoms with Crippen molar-refractivity contribution in [2.45, 2.75) is 32.4 Å². The van der Waals surface area contributed by atoms with Crippen molar-refractivity contribution in [2.75, 3.05) is 18.6 Å². The Bertz CT molecular complexity index is 516. The van der Waals surface area contributed by atoms with Gasteiger partial charge in [0.25, 0.3) is 0 Å². The van der Waals surface area contributed by atoms with Crippen molar-refractivity contribution in [3.05, 3.63) is 11.9 Å². The third-order valence-corrected chi connectivity index (χ3v) is 5.40. The van der Waals surface area contributed by atoms with Crippen LogP contribution in [0.4, 0.5) is 0 Å². The van der Waals surface area contributed by atoms with Crippen LogP contribution in [0.1, 0.15) is 31.6 Å². The highest BCUT2D eigenvalue weighted by atomic mass is 32.2. The zero-order valence-corrected chi connectivity index (χ0v) is 12.1. The van der Waals surface area contributed by atoms with E-state index in [2.05, 4.69) is 5.10 Å². The van der Waals surface area contributed by atoms with Crippen LogP contribution in [-0.2, 0) is 16.4 Å². The normalized spacial score (nSPS) is 23.4. The van der Waals surface area contributed by atoms with Gasteiger partial charge in [-0.2, -0.15) is 5.10 Å². The molecule has 1 saturated heterocycles. The van der Waals surface area contributed by atoms with E-state index in [0.717, 1.165) is 0 Å². The van der Waals surface area contributed by atoms with Crippen molar-refractivity contribution in [1.82, 2.24) is 9.78 Å². The average Bonchev–Trinajstić information content (AvgIpc) is 2.91. The monoisotopic (exact) mass is 288 g/mol. The minimum absolute atomic E-state index is 0.0184. The van der Waals surface area contributed by atoms with E-state index in [0.29, 0.717) is 30.8 Å². The number of nitrogens with zero attached hydrogens (tertiary/aromatic N) is 2. The lowest BCUT2D eigenvalue weighted by atomic mass is 9.99. The van der Waals surface area contributed by atoms with Crippen LogP contribution >= 0.6 is 0 Å². The highest BCUT2D eigenvalue weighted by Crippen LogP contribution is 2.33. The molecule has 1 aromatic rings. The molecule has 1 aliphatic heterocycles. The molecule has 108 valence electrons. The van der Waals surface area contributed by atoms with Crippen LogP contribution in [0.2, 0.25) is 0 Å². The molecule has 1 aliphatic rings. The molecule has 7 heteroatoms. The van der Waals surface area contributed by atoms with E-state index < -0.39 is 15.9 Å². The SMILES string of the molecule is CCn1ncc(OC)c1C(O)CC1CCS(=O)(=O)C1. The topological polar surface area (TPSA) is 81.4 Å². The molecule has 0 spiro atoms. The molecule has 2 atom stereocenters. The molecule has 0 saturated carbocycles. The van der Waals surface area contributed by atoms with Crippen LogP contribution in [0, 0.1) is 5.92 Å². The van der Waals surface area contributed by atoms with Gasteiger partial charge in [-0.1, -0.05) is 0 Å². The van der Waals surface area contributed by atoms with Gasteiger partial charge in [0.2, 0.25) is 0 Å². The molecule has 2 heterocycles. The van der Waals surface area contributed by atoms with Gasteiger partial charge < -0.3 is 9.84 Å². The Hall–Kier alpha value is -1.08. The molecule has 1 fully saturated rings. The molecular formula is C12H20N2O4S. The van der Waals surface area contributed by atoms with Crippen LogP contribution in [0.25, 0.3) is 0 Å². The third-order valence-electron chi connectivity index (χ3n) is 3.56. The van der Waals surface area contributed by atoms with E-state index >= 15 is 0 Å². The summed E-state index contributed by atoms with van der Waals surface area (Å²) in [6, 6.07) is 0. The van der Waals surface area contributed by atoms with E-state index in [-0.39, 0.29) is 17.4 Å². The number of hydrogen-bond donors (Lipinski definition) is 1. The van der Waals surface area contributed by atoms with Crippen LogP contribution in [0.15, 0.2) is 6.20 Å². The van der Waals surface area contributed by atoms with E-state index in [1.54, 1.807) is 10.9 Å². The van der Waals surface area contributed by atoms with Gasteiger partial charge in [0, 0.05) is 6.54 Å². The summed E-state index contributed by atoms with van der Waals surface area (Å²) < 4.78 is 29.7. The molecule has 0 aromatic carbocycles. The Morgan fingerprint density at radius 3 is 2.89 bits per heavy atom. The fraction of sp³-hybridized carbons (Fsp3) is 0.750. The number of sulfone groups is 1. The summed E-state index contributed by atoms with van der Waals surface area (Å²) in [5, 5.41) is 14.5. The average molecular weight is 288 g/mol. The molecule has 1 N–H and O–H groups in total. The van der Waals surface area contributed by atoms with E-state index in [4.69, 9.17) is 4.74 Å². The minimum atomic E-state index is -2.91. The molecule has 0 amide bonds. The van der Waals surface area contributed by atoms with Gasteiger partial charge in [-0.25, -0.2) is 8.42 Å².